The van der Waals surface area contributed by atoms with Crippen LogP contribution in [-0.2, 0) is 0 Å². The second-order valence-corrected chi connectivity index (χ2v) is 4.72. The lowest BCUT2D eigenvalue weighted by Gasteiger charge is -2.14. The molecular weight excluding hydrogens is 262 g/mol. The van der Waals surface area contributed by atoms with Gasteiger partial charge in [-0.3, -0.25) is 0 Å². The maximum Gasteiger partial charge on any atom is 0.0925 e. The van der Waals surface area contributed by atoms with Crippen LogP contribution in [-0.4, -0.2) is 25.0 Å². The zero-order valence-corrected chi connectivity index (χ0v) is 10.7. The maximum absolute atomic E-state index is 9.86. The lowest BCUT2D eigenvalue weighted by Crippen LogP contribution is -2.17. The summed E-state index contributed by atoms with van der Waals surface area (Å²) < 4.78 is 1.00. The molecule has 1 atom stereocenters. The molecule has 1 rings (SSSR count). The van der Waals surface area contributed by atoms with Crippen LogP contribution in [0.2, 0.25) is 0 Å². The largest absolute Gasteiger partial charge is 0.387 e. The third-order valence-electron chi connectivity index (χ3n) is 1.95. The first-order valence-electron chi connectivity index (χ1n) is 4.35. The second-order valence-electron chi connectivity index (χ2n) is 2.96. The molecule has 0 bridgehead atoms. The Balaban J connectivity index is 2.97. The Morgan fingerprint density at radius 2 is 2.29 bits per heavy atom. The molecule has 78 valence electrons. The number of halogens is 1. The number of rotatable bonds is 4. The quantitative estimate of drug-likeness (QED) is 0.828. The summed E-state index contributed by atoms with van der Waals surface area (Å²) in [7, 11) is 1.83. The average Bonchev–Trinajstić information content (AvgIpc) is 2.18. The van der Waals surface area contributed by atoms with Crippen LogP contribution in [0.25, 0.3) is 0 Å². The number of aliphatic hydroxyl groups is 1. The van der Waals surface area contributed by atoms with E-state index < -0.39 is 6.10 Å². The van der Waals surface area contributed by atoms with E-state index in [2.05, 4.69) is 21.2 Å². The van der Waals surface area contributed by atoms with E-state index in [-0.39, 0.29) is 0 Å². The van der Waals surface area contributed by atoms with Gasteiger partial charge in [-0.15, -0.1) is 11.8 Å². The van der Waals surface area contributed by atoms with Crippen LogP contribution in [0.15, 0.2) is 27.6 Å². The van der Waals surface area contributed by atoms with Crippen molar-refractivity contribution in [3.8, 4) is 0 Å². The van der Waals surface area contributed by atoms with Gasteiger partial charge in [-0.05, 0) is 37.1 Å². The molecule has 0 amide bonds. The summed E-state index contributed by atoms with van der Waals surface area (Å²) in [5, 5.41) is 12.8. The molecule has 0 aromatic heterocycles. The molecule has 0 spiro atoms. The van der Waals surface area contributed by atoms with Gasteiger partial charge in [0.1, 0.15) is 0 Å². The average molecular weight is 276 g/mol. The standard InChI is InChI=1S/C10H14BrNOS/c1-12-6-9(13)8-5-7(11)3-4-10(8)14-2/h3-5,9,12-13H,6H2,1-2H3. The normalized spacial score (nSPS) is 12.9. The van der Waals surface area contributed by atoms with Crippen molar-refractivity contribution in [1.82, 2.24) is 5.32 Å². The van der Waals surface area contributed by atoms with Crippen LogP contribution in [0.3, 0.4) is 0 Å². The molecule has 0 heterocycles. The Bertz CT molecular complexity index is 306. The highest BCUT2D eigenvalue weighted by Gasteiger charge is 2.11. The van der Waals surface area contributed by atoms with E-state index in [0.717, 1.165) is 14.9 Å². The molecule has 2 N–H and O–H groups in total. The molecule has 0 radical (unpaired) electrons. The van der Waals surface area contributed by atoms with Gasteiger partial charge >= 0.3 is 0 Å². The van der Waals surface area contributed by atoms with Crippen LogP contribution >= 0.6 is 27.7 Å². The van der Waals surface area contributed by atoms with Crippen molar-refractivity contribution in [3.63, 3.8) is 0 Å². The number of hydrogen-bond acceptors (Lipinski definition) is 3. The van der Waals surface area contributed by atoms with E-state index in [1.54, 1.807) is 11.8 Å². The van der Waals surface area contributed by atoms with Crippen molar-refractivity contribution < 1.29 is 5.11 Å². The van der Waals surface area contributed by atoms with Gasteiger partial charge in [0.05, 0.1) is 6.10 Å². The minimum Gasteiger partial charge on any atom is -0.387 e. The first-order valence-corrected chi connectivity index (χ1v) is 6.37. The van der Waals surface area contributed by atoms with Crippen LogP contribution in [0, 0.1) is 0 Å². The van der Waals surface area contributed by atoms with Gasteiger partial charge in [0.25, 0.3) is 0 Å². The van der Waals surface area contributed by atoms with Gasteiger partial charge in [-0.25, -0.2) is 0 Å². The zero-order valence-electron chi connectivity index (χ0n) is 8.25. The van der Waals surface area contributed by atoms with Crippen molar-refractivity contribution in [2.45, 2.75) is 11.0 Å². The molecule has 0 saturated heterocycles. The molecule has 1 aromatic carbocycles. The van der Waals surface area contributed by atoms with Crippen molar-refractivity contribution >= 4 is 27.7 Å². The Morgan fingerprint density at radius 1 is 1.57 bits per heavy atom. The van der Waals surface area contributed by atoms with E-state index in [1.807, 2.05) is 31.5 Å². The molecular formula is C10H14BrNOS. The van der Waals surface area contributed by atoms with Crippen molar-refractivity contribution in [1.29, 1.82) is 0 Å². The minimum atomic E-state index is -0.444. The van der Waals surface area contributed by atoms with Crippen molar-refractivity contribution in [3.05, 3.63) is 28.2 Å². The summed E-state index contributed by atoms with van der Waals surface area (Å²) in [6, 6.07) is 5.97. The molecule has 0 fully saturated rings. The Kier molecular flexibility index (Phi) is 4.95. The molecule has 1 unspecified atom stereocenters. The molecule has 14 heavy (non-hydrogen) atoms. The van der Waals surface area contributed by atoms with E-state index in [0.29, 0.717) is 6.54 Å². The Morgan fingerprint density at radius 3 is 2.86 bits per heavy atom. The first-order chi connectivity index (χ1) is 6.69. The lowest BCUT2D eigenvalue weighted by atomic mass is 10.1. The van der Waals surface area contributed by atoms with Gasteiger partial charge in [-0.2, -0.15) is 0 Å². The van der Waals surface area contributed by atoms with E-state index >= 15 is 0 Å². The first kappa shape index (κ1) is 12.0. The van der Waals surface area contributed by atoms with Crippen LogP contribution in [0.4, 0.5) is 0 Å². The summed E-state index contributed by atoms with van der Waals surface area (Å²) in [6.45, 7) is 0.573. The lowest BCUT2D eigenvalue weighted by molar-refractivity contribution is 0.175. The summed E-state index contributed by atoms with van der Waals surface area (Å²) in [5.41, 5.74) is 0.973. The highest BCUT2D eigenvalue weighted by Crippen LogP contribution is 2.28. The third kappa shape index (κ3) is 2.98. The number of aliphatic hydroxyl groups excluding tert-OH is 1. The zero-order chi connectivity index (χ0) is 10.6. The van der Waals surface area contributed by atoms with Gasteiger partial charge in [-0.1, -0.05) is 15.9 Å². The van der Waals surface area contributed by atoms with Gasteiger partial charge in [0.2, 0.25) is 0 Å². The predicted molar refractivity (Wildman–Crippen MR) is 64.8 cm³/mol. The Labute approximate surface area is 97.2 Å². The summed E-state index contributed by atoms with van der Waals surface area (Å²) >= 11 is 5.05. The fourth-order valence-electron chi connectivity index (χ4n) is 1.27. The monoisotopic (exact) mass is 275 g/mol. The number of likely N-dealkylation sites (N-methyl/N-ethyl adjacent to an activating group) is 1. The SMILES string of the molecule is CNCC(O)c1cc(Br)ccc1SC. The summed E-state index contributed by atoms with van der Waals surface area (Å²) in [6.07, 6.45) is 1.57. The fraction of sp³-hybridized carbons (Fsp3) is 0.400. The predicted octanol–water partition coefficient (Wildman–Crippen LogP) is 2.42. The number of nitrogens with one attached hydrogen (secondary N) is 1. The van der Waals surface area contributed by atoms with Crippen molar-refractivity contribution in [2.75, 3.05) is 19.8 Å². The minimum absolute atomic E-state index is 0.444. The molecule has 0 aliphatic heterocycles. The van der Waals surface area contributed by atoms with Crippen LogP contribution < -0.4 is 5.32 Å². The molecule has 0 saturated carbocycles. The molecule has 0 aliphatic rings. The smallest absolute Gasteiger partial charge is 0.0925 e. The third-order valence-corrected chi connectivity index (χ3v) is 3.25. The van der Waals surface area contributed by atoms with Crippen LogP contribution in [0.1, 0.15) is 11.7 Å². The highest BCUT2D eigenvalue weighted by atomic mass is 79.9. The van der Waals surface area contributed by atoms with Crippen molar-refractivity contribution in [2.24, 2.45) is 0 Å². The second kappa shape index (κ2) is 5.75. The number of benzene rings is 1. The van der Waals surface area contributed by atoms with Gasteiger partial charge in [0, 0.05) is 15.9 Å². The van der Waals surface area contributed by atoms with Gasteiger partial charge in [0.15, 0.2) is 0 Å². The molecule has 4 heteroatoms. The molecule has 2 nitrogen and oxygen atoms in total. The number of thioether (sulfide) groups is 1. The summed E-state index contributed by atoms with van der Waals surface area (Å²) in [4.78, 5) is 1.12. The topological polar surface area (TPSA) is 32.3 Å². The fourth-order valence-corrected chi connectivity index (χ4v) is 2.28. The number of hydrogen-bond donors (Lipinski definition) is 2. The van der Waals surface area contributed by atoms with Gasteiger partial charge < -0.3 is 10.4 Å². The van der Waals surface area contributed by atoms with E-state index in [9.17, 15) is 5.11 Å². The Hall–Kier alpha value is -0.0300. The van der Waals surface area contributed by atoms with Crippen LogP contribution in [0.5, 0.6) is 0 Å². The highest BCUT2D eigenvalue weighted by molar-refractivity contribution is 9.10. The van der Waals surface area contributed by atoms with E-state index in [1.165, 1.54) is 0 Å². The molecule has 0 aliphatic carbocycles. The van der Waals surface area contributed by atoms with E-state index in [4.69, 9.17) is 0 Å². The maximum atomic E-state index is 9.86. The summed E-state index contributed by atoms with van der Waals surface area (Å²) in [5.74, 6) is 0. The molecule has 1 aromatic rings.